The predicted molar refractivity (Wildman–Crippen MR) is 98.6 cm³/mol. The van der Waals surface area contributed by atoms with Gasteiger partial charge < -0.3 is 19.5 Å². The molecule has 0 atom stereocenters. The number of imide groups is 1. The van der Waals surface area contributed by atoms with E-state index in [1.54, 1.807) is 12.1 Å². The van der Waals surface area contributed by atoms with Crippen molar-refractivity contribution in [3.63, 3.8) is 0 Å². The van der Waals surface area contributed by atoms with Crippen LogP contribution in [0.4, 0.5) is 4.79 Å². The zero-order valence-corrected chi connectivity index (χ0v) is 16.3. The number of ether oxygens (including phenoxy) is 3. The molecular formula is C18H21ClN2O6. The van der Waals surface area contributed by atoms with E-state index >= 15 is 0 Å². The molecule has 1 aromatic carbocycles. The molecule has 3 amide bonds. The van der Waals surface area contributed by atoms with Crippen LogP contribution in [-0.4, -0.2) is 49.2 Å². The van der Waals surface area contributed by atoms with Crippen molar-refractivity contribution in [3.8, 4) is 11.5 Å². The standard InChI is InChI=1S/C18H21ClN2O6/c1-5-26-14-8-11(6-12(19)16(14)27-10(2)3)7-13-17(23)21(18(24)20-13)9-15(22)25-4/h6-8,10H,5,9H2,1-4H3,(H,20,24). The van der Waals surface area contributed by atoms with Gasteiger partial charge in [0.05, 0.1) is 24.8 Å². The van der Waals surface area contributed by atoms with E-state index < -0.39 is 24.5 Å². The fourth-order valence-electron chi connectivity index (χ4n) is 2.36. The van der Waals surface area contributed by atoms with Crippen LogP contribution in [0.2, 0.25) is 5.02 Å². The summed E-state index contributed by atoms with van der Waals surface area (Å²) in [5, 5.41) is 2.73. The van der Waals surface area contributed by atoms with Gasteiger partial charge in [-0.15, -0.1) is 0 Å². The smallest absolute Gasteiger partial charge is 0.329 e. The molecule has 1 aliphatic rings. The van der Waals surface area contributed by atoms with E-state index in [0.717, 1.165) is 4.90 Å². The van der Waals surface area contributed by atoms with E-state index in [1.807, 2.05) is 20.8 Å². The molecule has 0 aliphatic carbocycles. The lowest BCUT2D eigenvalue weighted by molar-refractivity contribution is -0.143. The molecule has 9 heteroatoms. The van der Waals surface area contributed by atoms with Crippen LogP contribution in [-0.2, 0) is 14.3 Å². The second kappa shape index (κ2) is 8.77. The van der Waals surface area contributed by atoms with E-state index in [4.69, 9.17) is 21.1 Å². The summed E-state index contributed by atoms with van der Waals surface area (Å²) in [5.74, 6) is -0.503. The van der Waals surface area contributed by atoms with E-state index in [9.17, 15) is 14.4 Å². The average Bonchev–Trinajstić information content (AvgIpc) is 2.85. The summed E-state index contributed by atoms with van der Waals surface area (Å²) in [7, 11) is 1.18. The van der Waals surface area contributed by atoms with E-state index in [2.05, 4.69) is 10.1 Å². The molecule has 0 aromatic heterocycles. The van der Waals surface area contributed by atoms with Gasteiger partial charge in [-0.2, -0.15) is 0 Å². The van der Waals surface area contributed by atoms with Crippen molar-refractivity contribution in [2.45, 2.75) is 26.9 Å². The lowest BCUT2D eigenvalue weighted by Gasteiger charge is -2.16. The molecule has 0 unspecified atom stereocenters. The fraction of sp³-hybridized carbons (Fsp3) is 0.389. The van der Waals surface area contributed by atoms with Gasteiger partial charge in [-0.3, -0.25) is 9.59 Å². The summed E-state index contributed by atoms with van der Waals surface area (Å²) in [5.41, 5.74) is 0.545. The molecule has 1 heterocycles. The Labute approximate surface area is 162 Å². The molecule has 146 valence electrons. The Balaban J connectivity index is 2.34. The maximum atomic E-state index is 12.4. The van der Waals surface area contributed by atoms with Crippen LogP contribution in [0, 0.1) is 0 Å². The molecular weight excluding hydrogens is 376 g/mol. The second-order valence-electron chi connectivity index (χ2n) is 5.89. The fourth-order valence-corrected chi connectivity index (χ4v) is 2.62. The maximum Gasteiger partial charge on any atom is 0.329 e. The van der Waals surface area contributed by atoms with Crippen LogP contribution >= 0.6 is 11.6 Å². The van der Waals surface area contributed by atoms with E-state index in [1.165, 1.54) is 13.2 Å². The third-order valence-electron chi connectivity index (χ3n) is 3.47. The van der Waals surface area contributed by atoms with Gasteiger partial charge in [0.2, 0.25) is 0 Å². The Kier molecular flexibility index (Phi) is 6.68. The maximum absolute atomic E-state index is 12.4. The molecule has 0 saturated carbocycles. The number of amides is 3. The summed E-state index contributed by atoms with van der Waals surface area (Å²) >= 11 is 6.30. The lowest BCUT2D eigenvalue weighted by Crippen LogP contribution is -2.36. The monoisotopic (exact) mass is 396 g/mol. The largest absolute Gasteiger partial charge is 0.490 e. The van der Waals surface area contributed by atoms with Crippen LogP contribution in [0.5, 0.6) is 11.5 Å². The van der Waals surface area contributed by atoms with Gasteiger partial charge in [-0.25, -0.2) is 9.69 Å². The van der Waals surface area contributed by atoms with Gasteiger partial charge in [0.1, 0.15) is 12.2 Å². The van der Waals surface area contributed by atoms with Crippen molar-refractivity contribution >= 4 is 35.6 Å². The number of hydrogen-bond acceptors (Lipinski definition) is 6. The van der Waals surface area contributed by atoms with Gasteiger partial charge >= 0.3 is 12.0 Å². The minimum absolute atomic E-state index is 0.0138. The number of esters is 1. The van der Waals surface area contributed by atoms with Crippen LogP contribution in [0.1, 0.15) is 26.3 Å². The molecule has 0 bridgehead atoms. The number of hydrogen-bond donors (Lipinski definition) is 1. The number of nitrogens with one attached hydrogen (secondary N) is 1. The summed E-state index contributed by atoms with van der Waals surface area (Å²) in [6.07, 6.45) is 1.35. The average molecular weight is 397 g/mol. The second-order valence-corrected chi connectivity index (χ2v) is 6.29. The molecule has 8 nitrogen and oxygen atoms in total. The highest BCUT2D eigenvalue weighted by Crippen LogP contribution is 2.38. The van der Waals surface area contributed by atoms with Crippen LogP contribution in [0.15, 0.2) is 17.8 Å². The number of halogens is 1. The summed E-state index contributed by atoms with van der Waals surface area (Å²) in [6, 6.07) is 2.55. The van der Waals surface area contributed by atoms with Gasteiger partial charge in [0.25, 0.3) is 5.91 Å². The molecule has 1 aliphatic heterocycles. The Hall–Kier alpha value is -2.74. The number of benzene rings is 1. The van der Waals surface area contributed by atoms with Gasteiger partial charge in [0, 0.05) is 0 Å². The first-order valence-corrected chi connectivity index (χ1v) is 8.69. The number of nitrogens with zero attached hydrogens (tertiary/aromatic N) is 1. The Bertz CT molecular complexity index is 790. The van der Waals surface area contributed by atoms with Gasteiger partial charge in [0.15, 0.2) is 11.5 Å². The SMILES string of the molecule is CCOc1cc(C=C2NC(=O)N(CC(=O)OC)C2=O)cc(Cl)c1OC(C)C. The predicted octanol–water partition coefficient (Wildman–Crippen LogP) is 2.59. The molecule has 1 fully saturated rings. The minimum Gasteiger partial charge on any atom is -0.490 e. The van der Waals surface area contributed by atoms with Crippen LogP contribution < -0.4 is 14.8 Å². The molecule has 1 N–H and O–H groups in total. The lowest BCUT2D eigenvalue weighted by atomic mass is 10.1. The molecule has 1 aromatic rings. The van der Waals surface area contributed by atoms with Crippen LogP contribution in [0.3, 0.4) is 0 Å². The number of methoxy groups -OCH3 is 1. The number of carbonyl (C=O) groups is 3. The van der Waals surface area contributed by atoms with Crippen LogP contribution in [0.25, 0.3) is 6.08 Å². The van der Waals surface area contributed by atoms with Crippen molar-refractivity contribution in [1.29, 1.82) is 0 Å². The molecule has 2 rings (SSSR count). The first-order chi connectivity index (χ1) is 12.8. The van der Waals surface area contributed by atoms with Crippen molar-refractivity contribution in [3.05, 3.63) is 28.4 Å². The van der Waals surface area contributed by atoms with Crippen molar-refractivity contribution in [2.75, 3.05) is 20.3 Å². The Morgan fingerprint density at radius 2 is 2.04 bits per heavy atom. The summed E-state index contributed by atoms with van der Waals surface area (Å²) in [6.45, 7) is 5.48. The number of rotatable bonds is 7. The first-order valence-electron chi connectivity index (χ1n) is 8.31. The molecule has 0 radical (unpaired) electrons. The van der Waals surface area contributed by atoms with Crippen molar-refractivity contribution < 1.29 is 28.6 Å². The van der Waals surface area contributed by atoms with Gasteiger partial charge in [-0.1, -0.05) is 11.6 Å². The quantitative estimate of drug-likeness (QED) is 0.432. The topological polar surface area (TPSA) is 94.2 Å². The Morgan fingerprint density at radius 3 is 2.63 bits per heavy atom. The molecule has 1 saturated heterocycles. The highest BCUT2D eigenvalue weighted by molar-refractivity contribution is 6.32. The Morgan fingerprint density at radius 1 is 1.33 bits per heavy atom. The van der Waals surface area contributed by atoms with Gasteiger partial charge in [-0.05, 0) is 44.5 Å². The molecule has 27 heavy (non-hydrogen) atoms. The zero-order valence-electron chi connectivity index (χ0n) is 15.5. The third kappa shape index (κ3) is 4.91. The third-order valence-corrected chi connectivity index (χ3v) is 3.75. The zero-order chi connectivity index (χ0) is 20.1. The minimum atomic E-state index is -0.701. The molecule has 0 spiro atoms. The van der Waals surface area contributed by atoms with E-state index in [-0.39, 0.29) is 11.8 Å². The highest BCUT2D eigenvalue weighted by Gasteiger charge is 2.35. The van der Waals surface area contributed by atoms with Crippen molar-refractivity contribution in [2.24, 2.45) is 0 Å². The summed E-state index contributed by atoms with van der Waals surface area (Å²) in [4.78, 5) is 36.4. The van der Waals surface area contributed by atoms with Crippen molar-refractivity contribution in [1.82, 2.24) is 10.2 Å². The number of urea groups is 1. The van der Waals surface area contributed by atoms with E-state index in [0.29, 0.717) is 28.7 Å². The normalized spacial score (nSPS) is 15.3. The first kappa shape index (κ1) is 20.6. The highest BCUT2D eigenvalue weighted by atomic mass is 35.5. The number of carbonyl (C=O) groups excluding carboxylic acids is 3. The summed E-state index contributed by atoms with van der Waals surface area (Å²) < 4.78 is 15.8.